The summed E-state index contributed by atoms with van der Waals surface area (Å²) in [6.07, 6.45) is -33.3. The van der Waals surface area contributed by atoms with E-state index in [2.05, 4.69) is 11.3 Å². The van der Waals surface area contributed by atoms with Crippen molar-refractivity contribution in [3.8, 4) is 0 Å². The molecule has 1 aliphatic carbocycles. The van der Waals surface area contributed by atoms with Gasteiger partial charge in [0.15, 0.2) is 5.60 Å². The molecule has 0 atom stereocenters. The monoisotopic (exact) mass is 486 g/mol. The topological polar surface area (TPSA) is 66.8 Å². The van der Waals surface area contributed by atoms with Crippen LogP contribution in [0.1, 0.15) is 25.7 Å². The van der Waals surface area contributed by atoms with Crippen LogP contribution >= 0.6 is 0 Å². The Bertz CT molecular complexity index is 652. The van der Waals surface area contributed by atoms with Crippen LogP contribution in [0, 0.1) is 5.92 Å². The van der Waals surface area contributed by atoms with Crippen molar-refractivity contribution in [2.24, 2.45) is 5.92 Å². The highest BCUT2D eigenvalue weighted by atomic mass is 19.4. The quantitative estimate of drug-likeness (QED) is 0.352. The molecule has 0 aromatic carbocycles. The summed E-state index contributed by atoms with van der Waals surface area (Å²) in [5.41, 5.74) is -15.3. The number of aliphatic hydroxyl groups is 2. The van der Waals surface area contributed by atoms with E-state index in [-0.39, 0.29) is 6.08 Å². The molecule has 0 heterocycles. The summed E-state index contributed by atoms with van der Waals surface area (Å²) in [5, 5.41) is 19.0. The molecule has 0 aromatic rings. The Morgan fingerprint density at radius 3 is 1.42 bits per heavy atom. The number of hydrogen-bond donors (Lipinski definition) is 2. The number of halogens is 12. The van der Waals surface area contributed by atoms with Crippen LogP contribution in [0.3, 0.4) is 0 Å². The molecule has 1 fully saturated rings. The van der Waals surface area contributed by atoms with Crippen molar-refractivity contribution in [2.75, 3.05) is 0 Å². The minimum absolute atomic E-state index is 0.0861. The number of carbonyl (C=O) groups excluding carboxylic acids is 1. The molecule has 0 aliphatic heterocycles. The van der Waals surface area contributed by atoms with Crippen molar-refractivity contribution in [1.29, 1.82) is 0 Å². The number of hydrogen-bond acceptors (Lipinski definition) is 4. The van der Waals surface area contributed by atoms with E-state index in [9.17, 15) is 67.7 Å². The number of esters is 1. The molecule has 1 saturated carbocycles. The first-order valence-corrected chi connectivity index (χ1v) is 8.09. The van der Waals surface area contributed by atoms with Gasteiger partial charge in [-0.1, -0.05) is 6.58 Å². The molecule has 0 radical (unpaired) electrons. The van der Waals surface area contributed by atoms with Gasteiger partial charge in [-0.25, -0.2) is 4.79 Å². The summed E-state index contributed by atoms with van der Waals surface area (Å²) in [6, 6.07) is 0. The van der Waals surface area contributed by atoms with Crippen LogP contribution in [0.25, 0.3) is 0 Å². The Labute approximate surface area is 165 Å². The van der Waals surface area contributed by atoms with Crippen molar-refractivity contribution in [3.05, 3.63) is 12.7 Å². The Kier molecular flexibility index (Phi) is 6.79. The Morgan fingerprint density at radius 2 is 1.16 bits per heavy atom. The third-order valence-electron chi connectivity index (χ3n) is 5.19. The fraction of sp³-hybridized carbons (Fsp3) is 0.800. The molecule has 31 heavy (non-hydrogen) atoms. The maximum Gasteiger partial charge on any atom is 0.430 e. The number of rotatable bonds is 4. The largest absolute Gasteiger partial charge is 0.452 e. The molecule has 1 rings (SSSR count). The van der Waals surface area contributed by atoms with Crippen LogP contribution in [0.4, 0.5) is 52.7 Å². The van der Waals surface area contributed by atoms with E-state index < -0.39 is 79.1 Å². The van der Waals surface area contributed by atoms with E-state index in [1.807, 2.05) is 0 Å². The zero-order valence-electron chi connectivity index (χ0n) is 14.9. The lowest BCUT2D eigenvalue weighted by molar-refractivity contribution is -0.422. The van der Waals surface area contributed by atoms with Gasteiger partial charge in [0.1, 0.15) is 0 Å². The van der Waals surface area contributed by atoms with Gasteiger partial charge in [0.25, 0.3) is 11.2 Å². The lowest BCUT2D eigenvalue weighted by Crippen LogP contribution is -2.73. The van der Waals surface area contributed by atoms with Crippen LogP contribution < -0.4 is 0 Å². The van der Waals surface area contributed by atoms with E-state index in [0.29, 0.717) is 0 Å². The zero-order chi connectivity index (χ0) is 24.9. The fourth-order valence-corrected chi connectivity index (χ4v) is 3.57. The zero-order valence-corrected chi connectivity index (χ0v) is 14.9. The second-order valence-corrected chi connectivity index (χ2v) is 6.86. The summed E-state index contributed by atoms with van der Waals surface area (Å²) in [6.45, 7) is 2.73. The molecule has 0 aromatic heterocycles. The lowest BCUT2D eigenvalue weighted by Gasteiger charge is -2.51. The normalized spacial score (nSPS) is 24.6. The smallest absolute Gasteiger partial charge is 0.430 e. The van der Waals surface area contributed by atoms with Gasteiger partial charge in [0.2, 0.25) is 0 Å². The Hall–Kier alpha value is -1.71. The second-order valence-electron chi connectivity index (χ2n) is 6.86. The summed E-state index contributed by atoms with van der Waals surface area (Å²) in [7, 11) is 0. The maximum atomic E-state index is 13.3. The SMILES string of the molecule is C=CC(=O)OC1(C(O)(C(F)(F)F)C(F)(F)F)CCC(C(O)(C(F)(F)F)C(F)(F)F)CC1. The third kappa shape index (κ3) is 4.19. The predicted octanol–water partition coefficient (Wildman–Crippen LogP) is 4.36. The molecule has 182 valence electrons. The van der Waals surface area contributed by atoms with Crippen LogP contribution in [-0.4, -0.2) is 57.7 Å². The standard InChI is InChI=1S/C15H14F12O4/c1-2-8(28)31-9(11(30,14(22,23)24)15(25,26)27)5-3-7(4-6-9)10(29,12(16,17)18)13(19,20)21/h2,7,29-30H,1,3-6H2. The second kappa shape index (κ2) is 7.71. The first-order valence-electron chi connectivity index (χ1n) is 8.09. The minimum atomic E-state index is -6.61. The van der Waals surface area contributed by atoms with Gasteiger partial charge < -0.3 is 14.9 Å². The van der Waals surface area contributed by atoms with Crippen molar-refractivity contribution >= 4 is 5.97 Å². The summed E-state index contributed by atoms with van der Waals surface area (Å²) in [5.74, 6) is -4.90. The molecule has 2 N–H and O–H groups in total. The molecule has 4 nitrogen and oxygen atoms in total. The van der Waals surface area contributed by atoms with Crippen molar-refractivity contribution in [1.82, 2.24) is 0 Å². The maximum absolute atomic E-state index is 13.3. The van der Waals surface area contributed by atoms with E-state index in [0.717, 1.165) is 0 Å². The van der Waals surface area contributed by atoms with Gasteiger partial charge in [-0.15, -0.1) is 0 Å². The molecule has 0 saturated heterocycles. The van der Waals surface area contributed by atoms with Crippen molar-refractivity contribution < 1.29 is 72.4 Å². The van der Waals surface area contributed by atoms with Crippen molar-refractivity contribution in [2.45, 2.75) is 67.2 Å². The molecular formula is C15H14F12O4. The predicted molar refractivity (Wildman–Crippen MR) is 75.1 cm³/mol. The van der Waals surface area contributed by atoms with Crippen LogP contribution in [-0.2, 0) is 9.53 Å². The third-order valence-corrected chi connectivity index (χ3v) is 5.19. The summed E-state index contributed by atoms with van der Waals surface area (Å²) >= 11 is 0. The van der Waals surface area contributed by atoms with Gasteiger partial charge >= 0.3 is 30.7 Å². The number of ether oxygens (including phenoxy) is 1. The van der Waals surface area contributed by atoms with E-state index in [4.69, 9.17) is 0 Å². The molecule has 0 bridgehead atoms. The van der Waals surface area contributed by atoms with Gasteiger partial charge in [0.05, 0.1) is 0 Å². The highest BCUT2D eigenvalue weighted by Crippen LogP contribution is 2.59. The Balaban J connectivity index is 3.58. The van der Waals surface area contributed by atoms with Crippen LogP contribution in [0.2, 0.25) is 0 Å². The van der Waals surface area contributed by atoms with Gasteiger partial charge in [-0.3, -0.25) is 0 Å². The highest BCUT2D eigenvalue weighted by Gasteiger charge is 2.82. The fourth-order valence-electron chi connectivity index (χ4n) is 3.57. The van der Waals surface area contributed by atoms with E-state index in [1.54, 1.807) is 0 Å². The van der Waals surface area contributed by atoms with Crippen molar-refractivity contribution in [3.63, 3.8) is 0 Å². The molecule has 0 amide bonds. The van der Waals surface area contributed by atoms with Crippen LogP contribution in [0.15, 0.2) is 12.7 Å². The molecule has 16 heteroatoms. The van der Waals surface area contributed by atoms with Crippen LogP contribution in [0.5, 0.6) is 0 Å². The van der Waals surface area contributed by atoms with E-state index in [1.165, 1.54) is 0 Å². The highest BCUT2D eigenvalue weighted by molar-refractivity contribution is 5.81. The lowest BCUT2D eigenvalue weighted by atomic mass is 9.64. The minimum Gasteiger partial charge on any atom is -0.452 e. The molecule has 0 unspecified atom stereocenters. The first-order chi connectivity index (χ1) is 13.5. The number of alkyl halides is 12. The first kappa shape index (κ1) is 27.3. The van der Waals surface area contributed by atoms with Gasteiger partial charge in [-0.2, -0.15) is 52.7 Å². The Morgan fingerprint density at radius 1 is 0.806 bits per heavy atom. The van der Waals surface area contributed by atoms with Gasteiger partial charge in [0, 0.05) is 12.0 Å². The molecular weight excluding hydrogens is 472 g/mol. The summed E-state index contributed by atoms with van der Waals surface area (Å²) in [4.78, 5) is 11.4. The number of carbonyl (C=O) groups is 1. The average Bonchev–Trinajstić information content (AvgIpc) is 2.56. The summed E-state index contributed by atoms with van der Waals surface area (Å²) < 4.78 is 162. The van der Waals surface area contributed by atoms with E-state index >= 15 is 0 Å². The van der Waals surface area contributed by atoms with Gasteiger partial charge in [-0.05, 0) is 25.7 Å². The molecule has 1 aliphatic rings. The molecule has 0 spiro atoms. The average molecular weight is 486 g/mol.